The number of anilines is 2. The van der Waals surface area contributed by atoms with Crippen LogP contribution in [0.3, 0.4) is 0 Å². The zero-order chi connectivity index (χ0) is 26.1. The summed E-state index contributed by atoms with van der Waals surface area (Å²) >= 11 is 0. The highest BCUT2D eigenvalue weighted by molar-refractivity contribution is 5.93. The lowest BCUT2D eigenvalue weighted by Crippen LogP contribution is -2.53. The lowest BCUT2D eigenvalue weighted by atomic mass is 9.91. The van der Waals surface area contributed by atoms with Gasteiger partial charge in [-0.1, -0.05) is 0 Å². The standard InChI is InChI=1S/C27H31F2N5O3/c1-16-20(28)8-9-21(26(16)29)32-27-19-12-24(23(36-3)13-22(19)30-15-31-27)37-18-6-4-17(5-7-18)34-11-10-33(2)25(35)14-34/h8-9,12-13,15,17-18H,4-7,10-11,14H2,1-3H3,(H,30,31,32)/t17-,18-. The second-order valence-electron chi connectivity index (χ2n) is 9.74. The molecular weight excluding hydrogens is 480 g/mol. The van der Waals surface area contributed by atoms with E-state index in [1.807, 2.05) is 7.05 Å². The summed E-state index contributed by atoms with van der Waals surface area (Å²) in [7, 11) is 3.43. The highest BCUT2D eigenvalue weighted by Gasteiger charge is 2.31. The van der Waals surface area contributed by atoms with E-state index in [9.17, 15) is 13.6 Å². The Labute approximate surface area is 214 Å². The van der Waals surface area contributed by atoms with Crippen LogP contribution in [0.25, 0.3) is 10.9 Å². The number of ether oxygens (including phenoxy) is 2. The van der Waals surface area contributed by atoms with Crippen LogP contribution >= 0.6 is 0 Å². The van der Waals surface area contributed by atoms with E-state index in [1.54, 1.807) is 24.1 Å². The molecule has 196 valence electrons. The molecule has 1 amide bonds. The van der Waals surface area contributed by atoms with Gasteiger partial charge in [0.15, 0.2) is 17.3 Å². The first-order chi connectivity index (χ1) is 17.8. The van der Waals surface area contributed by atoms with Crippen molar-refractivity contribution in [2.24, 2.45) is 0 Å². The molecule has 1 aromatic heterocycles. The third kappa shape index (κ3) is 5.16. The van der Waals surface area contributed by atoms with E-state index < -0.39 is 11.6 Å². The number of likely N-dealkylation sites (N-methyl/N-ethyl adjacent to an activating group) is 1. The maximum Gasteiger partial charge on any atom is 0.236 e. The molecule has 1 aliphatic carbocycles. The molecule has 37 heavy (non-hydrogen) atoms. The van der Waals surface area contributed by atoms with E-state index in [0.29, 0.717) is 40.8 Å². The number of aromatic nitrogens is 2. The summed E-state index contributed by atoms with van der Waals surface area (Å²) in [5.41, 5.74) is 0.660. The van der Waals surface area contributed by atoms with E-state index in [2.05, 4.69) is 20.2 Å². The van der Waals surface area contributed by atoms with Crippen LogP contribution in [-0.2, 0) is 4.79 Å². The van der Waals surface area contributed by atoms with Crippen molar-refractivity contribution in [3.05, 3.63) is 47.8 Å². The lowest BCUT2D eigenvalue weighted by molar-refractivity contribution is -0.135. The van der Waals surface area contributed by atoms with Crippen molar-refractivity contribution < 1.29 is 23.0 Å². The van der Waals surface area contributed by atoms with Gasteiger partial charge in [-0.2, -0.15) is 0 Å². The van der Waals surface area contributed by atoms with E-state index in [1.165, 1.54) is 25.4 Å². The first kappa shape index (κ1) is 25.1. The van der Waals surface area contributed by atoms with Crippen molar-refractivity contribution in [1.82, 2.24) is 19.8 Å². The molecule has 1 saturated heterocycles. The molecule has 2 fully saturated rings. The molecule has 5 rings (SSSR count). The van der Waals surface area contributed by atoms with Crippen LogP contribution in [0.1, 0.15) is 31.2 Å². The van der Waals surface area contributed by atoms with E-state index in [-0.39, 0.29) is 23.3 Å². The van der Waals surface area contributed by atoms with Gasteiger partial charge in [0.2, 0.25) is 5.91 Å². The minimum absolute atomic E-state index is 0.00370. The van der Waals surface area contributed by atoms with Crippen molar-refractivity contribution in [3.63, 3.8) is 0 Å². The summed E-state index contributed by atoms with van der Waals surface area (Å²) in [5, 5.41) is 3.60. The number of piperazine rings is 1. The molecule has 8 nitrogen and oxygen atoms in total. The minimum atomic E-state index is -0.671. The Kier molecular flexibility index (Phi) is 7.10. The third-order valence-electron chi connectivity index (χ3n) is 7.43. The van der Waals surface area contributed by atoms with Gasteiger partial charge in [-0.05, 0) is 50.8 Å². The van der Waals surface area contributed by atoms with E-state index in [0.717, 1.165) is 38.8 Å². The van der Waals surface area contributed by atoms with Crippen LogP contribution in [0.5, 0.6) is 11.5 Å². The molecule has 10 heteroatoms. The molecule has 2 aromatic carbocycles. The first-order valence-corrected chi connectivity index (χ1v) is 12.5. The van der Waals surface area contributed by atoms with Gasteiger partial charge in [0.25, 0.3) is 0 Å². The minimum Gasteiger partial charge on any atom is -0.493 e. The summed E-state index contributed by atoms with van der Waals surface area (Å²) in [5.74, 6) is 0.383. The molecule has 0 spiro atoms. The fourth-order valence-electron chi connectivity index (χ4n) is 5.10. The summed E-state index contributed by atoms with van der Waals surface area (Å²) in [4.78, 5) is 24.8. The Morgan fingerprint density at radius 2 is 1.84 bits per heavy atom. The van der Waals surface area contributed by atoms with Gasteiger partial charge in [-0.3, -0.25) is 9.69 Å². The number of carbonyl (C=O) groups is 1. The van der Waals surface area contributed by atoms with Crippen molar-refractivity contribution in [3.8, 4) is 11.5 Å². The third-order valence-corrected chi connectivity index (χ3v) is 7.43. The number of methoxy groups -OCH3 is 1. The second-order valence-corrected chi connectivity index (χ2v) is 9.74. The average molecular weight is 512 g/mol. The van der Waals surface area contributed by atoms with Gasteiger partial charge in [0.1, 0.15) is 18.0 Å². The van der Waals surface area contributed by atoms with Crippen LogP contribution in [0.4, 0.5) is 20.3 Å². The predicted molar refractivity (Wildman–Crippen MR) is 136 cm³/mol. The Morgan fingerprint density at radius 1 is 1.05 bits per heavy atom. The molecule has 0 bridgehead atoms. The fraction of sp³-hybridized carbons (Fsp3) is 0.444. The van der Waals surface area contributed by atoms with Gasteiger partial charge in [-0.15, -0.1) is 0 Å². The molecule has 3 aromatic rings. The number of nitrogens with one attached hydrogen (secondary N) is 1. The molecule has 0 unspecified atom stereocenters. The number of halogens is 2. The largest absolute Gasteiger partial charge is 0.493 e. The van der Waals surface area contributed by atoms with Crippen LogP contribution in [-0.4, -0.2) is 71.6 Å². The fourth-order valence-corrected chi connectivity index (χ4v) is 5.10. The Morgan fingerprint density at radius 3 is 2.57 bits per heavy atom. The number of hydrogen-bond acceptors (Lipinski definition) is 7. The number of hydrogen-bond donors (Lipinski definition) is 1. The normalized spacial score (nSPS) is 20.8. The number of benzene rings is 2. The number of fused-ring (bicyclic) bond motifs is 1. The summed E-state index contributed by atoms with van der Waals surface area (Å²) in [6.45, 7) is 3.54. The van der Waals surface area contributed by atoms with Gasteiger partial charge < -0.3 is 19.7 Å². The molecule has 2 heterocycles. The van der Waals surface area contributed by atoms with E-state index >= 15 is 0 Å². The van der Waals surface area contributed by atoms with Crippen LogP contribution in [0, 0.1) is 18.6 Å². The highest BCUT2D eigenvalue weighted by Crippen LogP contribution is 2.37. The Balaban J connectivity index is 1.33. The summed E-state index contributed by atoms with van der Waals surface area (Å²) in [6, 6.07) is 6.52. The monoisotopic (exact) mass is 511 g/mol. The molecule has 0 atom stereocenters. The average Bonchev–Trinajstić information content (AvgIpc) is 2.91. The van der Waals surface area contributed by atoms with Crippen molar-refractivity contribution in [2.75, 3.05) is 39.1 Å². The molecule has 2 aliphatic rings. The summed E-state index contributed by atoms with van der Waals surface area (Å²) in [6.07, 6.45) is 5.02. The highest BCUT2D eigenvalue weighted by atomic mass is 19.1. The molecule has 0 radical (unpaired) electrons. The molecular formula is C27H31F2N5O3. The number of carbonyl (C=O) groups excluding carboxylic acids is 1. The summed E-state index contributed by atoms with van der Waals surface area (Å²) < 4.78 is 40.4. The number of rotatable bonds is 6. The van der Waals surface area contributed by atoms with Gasteiger partial charge in [0, 0.05) is 43.2 Å². The van der Waals surface area contributed by atoms with Crippen molar-refractivity contribution >= 4 is 28.3 Å². The first-order valence-electron chi connectivity index (χ1n) is 12.5. The SMILES string of the molecule is COc1cc2ncnc(Nc3ccc(F)c(C)c3F)c2cc1O[C@H]1CC[C@H](N2CCN(C)C(=O)C2)CC1. The smallest absolute Gasteiger partial charge is 0.236 e. The topological polar surface area (TPSA) is 79.8 Å². The molecule has 1 aliphatic heterocycles. The second kappa shape index (κ2) is 10.5. The van der Waals surface area contributed by atoms with Gasteiger partial charge >= 0.3 is 0 Å². The quantitative estimate of drug-likeness (QED) is 0.524. The van der Waals surface area contributed by atoms with E-state index in [4.69, 9.17) is 9.47 Å². The van der Waals surface area contributed by atoms with Crippen LogP contribution in [0.2, 0.25) is 0 Å². The van der Waals surface area contributed by atoms with Crippen LogP contribution in [0.15, 0.2) is 30.6 Å². The maximum atomic E-state index is 14.6. The zero-order valence-corrected chi connectivity index (χ0v) is 21.3. The zero-order valence-electron chi connectivity index (χ0n) is 21.3. The van der Waals surface area contributed by atoms with Crippen molar-refractivity contribution in [1.29, 1.82) is 0 Å². The number of amides is 1. The van der Waals surface area contributed by atoms with Crippen LogP contribution < -0.4 is 14.8 Å². The maximum absolute atomic E-state index is 14.6. The Hall–Kier alpha value is -3.53. The predicted octanol–water partition coefficient (Wildman–Crippen LogP) is 4.43. The number of nitrogens with zero attached hydrogens (tertiary/aromatic N) is 4. The van der Waals surface area contributed by atoms with Gasteiger partial charge in [0.05, 0.1) is 31.0 Å². The Bertz CT molecular complexity index is 1310. The van der Waals surface area contributed by atoms with Gasteiger partial charge in [-0.25, -0.2) is 18.7 Å². The molecule has 1 N–H and O–H groups in total. The molecule has 1 saturated carbocycles. The lowest BCUT2D eigenvalue weighted by Gasteiger charge is -2.40. The van der Waals surface area contributed by atoms with Crippen molar-refractivity contribution in [2.45, 2.75) is 44.8 Å².